The third-order valence-electron chi connectivity index (χ3n) is 8.37. The highest BCUT2D eigenvalue weighted by atomic mass is 16.4. The van der Waals surface area contributed by atoms with Crippen LogP contribution in [0.4, 0.5) is 0 Å². The van der Waals surface area contributed by atoms with Crippen molar-refractivity contribution in [2.75, 3.05) is 0 Å². The SMILES string of the molecule is CCCCC(CC)CC(C)(CC(CC)CCCC)C(CCCCCCCCCCC(=O)O)C(=O)O. The number of hydrogen-bond donors (Lipinski definition) is 2. The molecule has 0 radical (unpaired) electrons. The molecule has 0 saturated carbocycles. The minimum atomic E-state index is -0.698. The maximum absolute atomic E-state index is 12.6. The fourth-order valence-electron chi connectivity index (χ4n) is 6.03. The molecule has 0 amide bonds. The van der Waals surface area contributed by atoms with Crippen LogP contribution in [-0.4, -0.2) is 22.2 Å². The molecule has 0 aromatic carbocycles. The molecule has 208 valence electrons. The van der Waals surface area contributed by atoms with Gasteiger partial charge in [-0.15, -0.1) is 0 Å². The second kappa shape index (κ2) is 21.1. The van der Waals surface area contributed by atoms with Gasteiger partial charge in [0.1, 0.15) is 0 Å². The summed E-state index contributed by atoms with van der Waals surface area (Å²) in [7, 11) is 0. The minimum Gasteiger partial charge on any atom is -0.481 e. The van der Waals surface area contributed by atoms with E-state index < -0.39 is 11.9 Å². The summed E-state index contributed by atoms with van der Waals surface area (Å²) in [6.07, 6.45) is 21.4. The Morgan fingerprint density at radius 3 is 1.43 bits per heavy atom. The number of aliphatic carboxylic acids is 2. The fraction of sp³-hybridized carbons (Fsp3) is 0.935. The molecule has 0 heterocycles. The Morgan fingerprint density at radius 2 is 1.06 bits per heavy atom. The van der Waals surface area contributed by atoms with Crippen molar-refractivity contribution in [3.05, 3.63) is 0 Å². The standard InChI is InChI=1S/C31H60O4/c1-6-10-20-26(8-3)24-31(5,25-27(9-4)21-11-7-2)28(30(34)35)22-18-16-14-12-13-15-17-19-23-29(32)33/h26-28H,6-25H2,1-5H3,(H,32,33)(H,34,35). The summed E-state index contributed by atoms with van der Waals surface area (Å²) in [5, 5.41) is 19.1. The molecule has 0 aromatic rings. The Labute approximate surface area is 218 Å². The van der Waals surface area contributed by atoms with Crippen molar-refractivity contribution in [3.63, 3.8) is 0 Å². The van der Waals surface area contributed by atoms with Gasteiger partial charge in [-0.1, -0.05) is 131 Å². The van der Waals surface area contributed by atoms with E-state index in [4.69, 9.17) is 5.11 Å². The normalized spacial score (nSPS) is 15.9. The molecular weight excluding hydrogens is 436 g/mol. The number of carboxylic acids is 2. The first-order valence-corrected chi connectivity index (χ1v) is 15.2. The highest BCUT2D eigenvalue weighted by Gasteiger charge is 2.41. The zero-order valence-electron chi connectivity index (χ0n) is 24.1. The molecule has 0 aliphatic rings. The van der Waals surface area contributed by atoms with Gasteiger partial charge in [-0.2, -0.15) is 0 Å². The zero-order valence-corrected chi connectivity index (χ0v) is 24.1. The van der Waals surface area contributed by atoms with Crippen molar-refractivity contribution >= 4 is 11.9 Å². The molecule has 0 aliphatic carbocycles. The summed E-state index contributed by atoms with van der Waals surface area (Å²) in [6, 6.07) is 0. The average molecular weight is 497 g/mol. The van der Waals surface area contributed by atoms with Gasteiger partial charge in [0.2, 0.25) is 0 Å². The summed E-state index contributed by atoms with van der Waals surface area (Å²) >= 11 is 0. The molecule has 0 aliphatic heterocycles. The first-order chi connectivity index (χ1) is 16.7. The summed E-state index contributed by atoms with van der Waals surface area (Å²) in [5.41, 5.74) is -0.126. The van der Waals surface area contributed by atoms with E-state index in [0.717, 1.165) is 77.0 Å². The van der Waals surface area contributed by atoms with Crippen molar-refractivity contribution < 1.29 is 19.8 Å². The van der Waals surface area contributed by atoms with Crippen molar-refractivity contribution in [3.8, 4) is 0 Å². The fourth-order valence-corrected chi connectivity index (χ4v) is 6.03. The van der Waals surface area contributed by atoms with Gasteiger partial charge in [-0.3, -0.25) is 9.59 Å². The molecule has 0 fully saturated rings. The molecule has 0 saturated heterocycles. The van der Waals surface area contributed by atoms with Gasteiger partial charge in [-0.25, -0.2) is 0 Å². The Morgan fingerprint density at radius 1 is 0.629 bits per heavy atom. The van der Waals surface area contributed by atoms with Crippen LogP contribution in [0.25, 0.3) is 0 Å². The second-order valence-electron chi connectivity index (χ2n) is 11.5. The smallest absolute Gasteiger partial charge is 0.307 e. The van der Waals surface area contributed by atoms with Crippen LogP contribution in [0, 0.1) is 23.2 Å². The molecule has 0 bridgehead atoms. The topological polar surface area (TPSA) is 74.6 Å². The largest absolute Gasteiger partial charge is 0.481 e. The molecule has 35 heavy (non-hydrogen) atoms. The highest BCUT2D eigenvalue weighted by Crippen LogP contribution is 2.46. The number of carbonyl (C=O) groups is 2. The Hall–Kier alpha value is -1.06. The molecule has 3 unspecified atom stereocenters. The van der Waals surface area contributed by atoms with E-state index in [2.05, 4.69) is 34.6 Å². The van der Waals surface area contributed by atoms with Gasteiger partial charge >= 0.3 is 11.9 Å². The Bertz CT molecular complexity index is 512. The van der Waals surface area contributed by atoms with E-state index in [1.54, 1.807) is 0 Å². The predicted octanol–water partition coefficient (Wildman–Crippen LogP) is 9.89. The number of rotatable bonds is 25. The van der Waals surface area contributed by atoms with Gasteiger partial charge in [0.25, 0.3) is 0 Å². The van der Waals surface area contributed by atoms with E-state index in [1.807, 2.05) is 0 Å². The molecule has 4 nitrogen and oxygen atoms in total. The third kappa shape index (κ3) is 16.3. The summed E-state index contributed by atoms with van der Waals surface area (Å²) < 4.78 is 0. The number of unbranched alkanes of at least 4 members (excludes halogenated alkanes) is 9. The van der Waals surface area contributed by atoms with E-state index in [0.29, 0.717) is 11.8 Å². The van der Waals surface area contributed by atoms with Gasteiger partial charge in [0, 0.05) is 6.42 Å². The van der Waals surface area contributed by atoms with Crippen LogP contribution in [0.5, 0.6) is 0 Å². The molecule has 0 rings (SSSR count). The van der Waals surface area contributed by atoms with E-state index >= 15 is 0 Å². The van der Waals surface area contributed by atoms with Gasteiger partial charge in [0.05, 0.1) is 5.92 Å². The van der Waals surface area contributed by atoms with Crippen molar-refractivity contribution in [1.29, 1.82) is 0 Å². The van der Waals surface area contributed by atoms with Crippen LogP contribution in [0.15, 0.2) is 0 Å². The van der Waals surface area contributed by atoms with Gasteiger partial charge in [0.15, 0.2) is 0 Å². The molecule has 0 aromatic heterocycles. The van der Waals surface area contributed by atoms with Crippen LogP contribution in [0.2, 0.25) is 0 Å². The van der Waals surface area contributed by atoms with Crippen LogP contribution in [0.1, 0.15) is 163 Å². The van der Waals surface area contributed by atoms with Gasteiger partial charge in [-0.05, 0) is 42.9 Å². The van der Waals surface area contributed by atoms with Crippen LogP contribution in [0.3, 0.4) is 0 Å². The third-order valence-corrected chi connectivity index (χ3v) is 8.37. The summed E-state index contributed by atoms with van der Waals surface area (Å²) in [5.74, 6) is -0.263. The number of carboxylic acid groups (broad SMARTS) is 2. The van der Waals surface area contributed by atoms with E-state index in [1.165, 1.54) is 44.9 Å². The van der Waals surface area contributed by atoms with E-state index in [-0.39, 0.29) is 17.8 Å². The predicted molar refractivity (Wildman–Crippen MR) is 149 cm³/mol. The monoisotopic (exact) mass is 496 g/mol. The lowest BCUT2D eigenvalue weighted by Gasteiger charge is -2.41. The molecule has 3 atom stereocenters. The van der Waals surface area contributed by atoms with Crippen molar-refractivity contribution in [2.24, 2.45) is 23.2 Å². The first-order valence-electron chi connectivity index (χ1n) is 15.2. The lowest BCUT2D eigenvalue weighted by Crippen LogP contribution is -2.37. The van der Waals surface area contributed by atoms with Crippen molar-refractivity contribution in [1.82, 2.24) is 0 Å². The molecule has 4 heteroatoms. The van der Waals surface area contributed by atoms with E-state index in [9.17, 15) is 14.7 Å². The Kier molecular flexibility index (Phi) is 20.4. The molecule has 2 N–H and O–H groups in total. The first kappa shape index (κ1) is 33.9. The Balaban J connectivity index is 4.98. The minimum absolute atomic E-state index is 0.126. The van der Waals surface area contributed by atoms with Crippen LogP contribution >= 0.6 is 0 Å². The second-order valence-corrected chi connectivity index (χ2v) is 11.5. The summed E-state index contributed by atoms with van der Waals surface area (Å²) in [6.45, 7) is 11.4. The van der Waals surface area contributed by atoms with Crippen LogP contribution in [-0.2, 0) is 9.59 Å². The lowest BCUT2D eigenvalue weighted by atomic mass is 9.63. The lowest BCUT2D eigenvalue weighted by molar-refractivity contribution is -0.148. The molecule has 0 spiro atoms. The number of hydrogen-bond acceptors (Lipinski definition) is 2. The summed E-state index contributed by atoms with van der Waals surface area (Å²) in [4.78, 5) is 23.2. The average Bonchev–Trinajstić information content (AvgIpc) is 2.82. The maximum atomic E-state index is 12.6. The maximum Gasteiger partial charge on any atom is 0.307 e. The molecular formula is C31H60O4. The quantitative estimate of drug-likeness (QED) is 0.123. The highest BCUT2D eigenvalue weighted by molar-refractivity contribution is 5.71. The van der Waals surface area contributed by atoms with Crippen molar-refractivity contribution in [2.45, 2.75) is 163 Å². The van der Waals surface area contributed by atoms with Crippen LogP contribution < -0.4 is 0 Å². The van der Waals surface area contributed by atoms with Gasteiger partial charge < -0.3 is 10.2 Å². The zero-order chi connectivity index (χ0) is 26.5.